The maximum atomic E-state index is 12.1. The van der Waals surface area contributed by atoms with Crippen molar-refractivity contribution in [2.45, 2.75) is 19.4 Å². The molecule has 0 bridgehead atoms. The van der Waals surface area contributed by atoms with E-state index >= 15 is 0 Å². The summed E-state index contributed by atoms with van der Waals surface area (Å²) in [5.74, 6) is -1.41. The van der Waals surface area contributed by atoms with Crippen molar-refractivity contribution in [3.05, 3.63) is 34.0 Å². The number of thiophene rings is 1. The maximum absolute atomic E-state index is 12.1. The van der Waals surface area contributed by atoms with Crippen molar-refractivity contribution < 1.29 is 19.1 Å². The van der Waals surface area contributed by atoms with Crippen molar-refractivity contribution in [1.29, 1.82) is 0 Å². The zero-order chi connectivity index (χ0) is 12.6. The first-order valence-electron chi connectivity index (χ1n) is 4.91. The van der Waals surface area contributed by atoms with E-state index in [1.165, 1.54) is 18.3 Å². The molecule has 0 spiro atoms. The van der Waals surface area contributed by atoms with Gasteiger partial charge in [-0.3, -0.25) is 9.59 Å². The van der Waals surface area contributed by atoms with Gasteiger partial charge >= 0.3 is 5.97 Å². The van der Waals surface area contributed by atoms with Crippen molar-refractivity contribution >= 4 is 23.1 Å². The molecule has 0 radical (unpaired) electrons. The number of Topliss-reactive ketones (excluding diaryl/α,β-unsaturated/α-hetero) is 1. The van der Waals surface area contributed by atoms with E-state index in [1.54, 1.807) is 13.0 Å². The highest BCUT2D eigenvalue weighted by molar-refractivity contribution is 7.10. The molecule has 2 rings (SSSR count). The van der Waals surface area contributed by atoms with Gasteiger partial charge in [-0.2, -0.15) is 0 Å². The number of hydrogen-bond acceptors (Lipinski definition) is 6. The first-order valence-corrected chi connectivity index (χ1v) is 5.79. The second-order valence-electron chi connectivity index (χ2n) is 3.73. The highest BCUT2D eigenvalue weighted by Gasteiger charge is 2.49. The van der Waals surface area contributed by atoms with Crippen LogP contribution in [0.3, 0.4) is 0 Å². The summed E-state index contributed by atoms with van der Waals surface area (Å²) in [6.07, 6.45) is 0. The van der Waals surface area contributed by atoms with E-state index in [0.29, 0.717) is 4.88 Å². The Bertz CT molecular complexity index is 506. The Labute approximate surface area is 102 Å². The number of ether oxygens (including phenoxy) is 2. The van der Waals surface area contributed by atoms with E-state index in [2.05, 4.69) is 0 Å². The van der Waals surface area contributed by atoms with Crippen LogP contribution in [0, 0.1) is 0 Å². The summed E-state index contributed by atoms with van der Waals surface area (Å²) < 4.78 is 10.1. The van der Waals surface area contributed by atoms with E-state index in [9.17, 15) is 9.59 Å². The molecule has 0 aromatic carbocycles. The van der Waals surface area contributed by atoms with Gasteiger partial charge in [-0.05, 0) is 18.4 Å². The molecule has 0 saturated carbocycles. The SMILES string of the molecule is CC(=O)OC1=C(N)OC(C)(c2cccs2)C1=O. The maximum Gasteiger partial charge on any atom is 0.308 e. The molecule has 1 aliphatic rings. The van der Waals surface area contributed by atoms with Crippen molar-refractivity contribution in [2.24, 2.45) is 5.73 Å². The predicted molar refractivity (Wildman–Crippen MR) is 60.7 cm³/mol. The lowest BCUT2D eigenvalue weighted by Crippen LogP contribution is -2.30. The minimum Gasteiger partial charge on any atom is -0.456 e. The number of ketones is 1. The topological polar surface area (TPSA) is 78.6 Å². The first-order chi connectivity index (χ1) is 7.95. The van der Waals surface area contributed by atoms with Gasteiger partial charge in [0.05, 0.1) is 4.88 Å². The predicted octanol–water partition coefficient (Wildman–Crippen LogP) is 1.25. The normalized spacial score (nSPS) is 23.8. The molecule has 17 heavy (non-hydrogen) atoms. The fourth-order valence-electron chi connectivity index (χ4n) is 1.59. The van der Waals surface area contributed by atoms with Crippen LogP contribution >= 0.6 is 11.3 Å². The summed E-state index contributed by atoms with van der Waals surface area (Å²) in [5, 5.41) is 1.83. The minimum absolute atomic E-state index is 0.152. The van der Waals surface area contributed by atoms with Crippen molar-refractivity contribution in [3.8, 4) is 0 Å². The molecular weight excluding hydrogens is 242 g/mol. The van der Waals surface area contributed by atoms with Gasteiger partial charge in [0.25, 0.3) is 5.78 Å². The first kappa shape index (κ1) is 11.7. The zero-order valence-corrected chi connectivity index (χ0v) is 10.2. The average Bonchev–Trinajstić information content (AvgIpc) is 2.83. The molecule has 2 heterocycles. The third-order valence-electron chi connectivity index (χ3n) is 2.41. The standard InChI is InChI=1S/C11H11NO4S/c1-6(13)15-8-9(14)11(2,16-10(8)12)7-4-3-5-17-7/h3-5H,12H2,1-2H3. The molecule has 1 aromatic rings. The molecule has 90 valence electrons. The van der Waals surface area contributed by atoms with Crippen LogP contribution < -0.4 is 5.73 Å². The van der Waals surface area contributed by atoms with Crippen molar-refractivity contribution in [2.75, 3.05) is 0 Å². The number of rotatable bonds is 2. The molecule has 2 N–H and O–H groups in total. The largest absolute Gasteiger partial charge is 0.456 e. The van der Waals surface area contributed by atoms with Gasteiger partial charge in [0.15, 0.2) is 0 Å². The van der Waals surface area contributed by atoms with Gasteiger partial charge in [-0.1, -0.05) is 6.07 Å². The van der Waals surface area contributed by atoms with Gasteiger partial charge in [-0.25, -0.2) is 0 Å². The number of carbonyl (C=O) groups is 2. The van der Waals surface area contributed by atoms with Gasteiger partial charge in [0.1, 0.15) is 0 Å². The molecule has 6 heteroatoms. The molecule has 0 saturated heterocycles. The number of carbonyl (C=O) groups excluding carboxylic acids is 2. The quantitative estimate of drug-likeness (QED) is 0.802. The van der Waals surface area contributed by atoms with Crippen LogP contribution in [0.25, 0.3) is 0 Å². The summed E-state index contributed by atoms with van der Waals surface area (Å²) in [5.41, 5.74) is 4.37. The lowest BCUT2D eigenvalue weighted by Gasteiger charge is -2.20. The van der Waals surface area contributed by atoms with Gasteiger partial charge in [0.2, 0.25) is 17.2 Å². The number of nitrogens with two attached hydrogens (primary N) is 1. The summed E-state index contributed by atoms with van der Waals surface area (Å²) >= 11 is 1.38. The van der Waals surface area contributed by atoms with Crippen LogP contribution in [0.2, 0.25) is 0 Å². The summed E-state index contributed by atoms with van der Waals surface area (Å²) in [7, 11) is 0. The van der Waals surface area contributed by atoms with Crippen LogP contribution in [0.4, 0.5) is 0 Å². The fraction of sp³-hybridized carbons (Fsp3) is 0.273. The molecule has 1 unspecified atom stereocenters. The summed E-state index contributed by atoms with van der Waals surface area (Å²) in [6.45, 7) is 2.80. The molecule has 0 fully saturated rings. The average molecular weight is 253 g/mol. The van der Waals surface area contributed by atoms with Gasteiger partial charge < -0.3 is 15.2 Å². The smallest absolute Gasteiger partial charge is 0.308 e. The van der Waals surface area contributed by atoms with Crippen LogP contribution in [-0.2, 0) is 24.7 Å². The van der Waals surface area contributed by atoms with E-state index in [0.717, 1.165) is 0 Å². The highest BCUT2D eigenvalue weighted by Crippen LogP contribution is 2.39. The molecule has 0 aliphatic carbocycles. The Morgan fingerprint density at radius 1 is 1.59 bits per heavy atom. The van der Waals surface area contributed by atoms with Crippen LogP contribution in [0.15, 0.2) is 29.2 Å². The lowest BCUT2D eigenvalue weighted by molar-refractivity contribution is -0.142. The Hall–Kier alpha value is -1.82. The fourth-order valence-corrected chi connectivity index (χ4v) is 2.41. The molecule has 1 atom stereocenters. The second-order valence-corrected chi connectivity index (χ2v) is 4.68. The molecule has 0 amide bonds. The van der Waals surface area contributed by atoms with E-state index in [1.807, 2.05) is 11.4 Å². The number of hydrogen-bond donors (Lipinski definition) is 1. The number of esters is 1. The molecule has 5 nitrogen and oxygen atoms in total. The third-order valence-corrected chi connectivity index (χ3v) is 3.49. The van der Waals surface area contributed by atoms with E-state index < -0.39 is 17.4 Å². The lowest BCUT2D eigenvalue weighted by atomic mass is 9.99. The van der Waals surface area contributed by atoms with E-state index in [4.69, 9.17) is 15.2 Å². The van der Waals surface area contributed by atoms with Gasteiger partial charge in [-0.15, -0.1) is 11.3 Å². The Morgan fingerprint density at radius 2 is 2.29 bits per heavy atom. The van der Waals surface area contributed by atoms with Gasteiger partial charge in [0, 0.05) is 6.92 Å². The van der Waals surface area contributed by atoms with E-state index in [-0.39, 0.29) is 11.6 Å². The van der Waals surface area contributed by atoms with Crippen LogP contribution in [0.1, 0.15) is 18.7 Å². The van der Waals surface area contributed by atoms with Crippen molar-refractivity contribution in [1.82, 2.24) is 0 Å². The minimum atomic E-state index is -1.19. The summed E-state index contributed by atoms with van der Waals surface area (Å²) in [6, 6.07) is 3.58. The molecule has 1 aromatic heterocycles. The highest BCUT2D eigenvalue weighted by atomic mass is 32.1. The van der Waals surface area contributed by atoms with Crippen LogP contribution in [0.5, 0.6) is 0 Å². The summed E-state index contributed by atoms with van der Waals surface area (Å²) in [4.78, 5) is 23.7. The Kier molecular flexibility index (Phi) is 2.66. The molecule has 1 aliphatic heterocycles. The Morgan fingerprint density at radius 3 is 2.82 bits per heavy atom. The zero-order valence-electron chi connectivity index (χ0n) is 9.35. The van der Waals surface area contributed by atoms with Crippen LogP contribution in [-0.4, -0.2) is 11.8 Å². The third kappa shape index (κ3) is 1.80. The second kappa shape index (κ2) is 3.89. The van der Waals surface area contributed by atoms with Crippen molar-refractivity contribution in [3.63, 3.8) is 0 Å². The molecular formula is C11H11NO4S. The monoisotopic (exact) mass is 253 g/mol. The Balaban J connectivity index is 2.34.